The van der Waals surface area contributed by atoms with Crippen LogP contribution in [0.25, 0.3) is 11.0 Å². The minimum Gasteiger partial charge on any atom is -0.464 e. The van der Waals surface area contributed by atoms with Crippen LogP contribution < -0.4 is 16.3 Å². The van der Waals surface area contributed by atoms with Crippen LogP contribution in [0.1, 0.15) is 67.3 Å². The lowest BCUT2D eigenvalue weighted by molar-refractivity contribution is -0.120. The van der Waals surface area contributed by atoms with Gasteiger partial charge in [-0.2, -0.15) is 5.10 Å². The van der Waals surface area contributed by atoms with Gasteiger partial charge in [0.1, 0.15) is 17.2 Å². The molecule has 4 aromatic rings. The molecule has 3 N–H and O–H groups in total. The van der Waals surface area contributed by atoms with E-state index in [1.54, 1.807) is 13.2 Å². The molecule has 9 nitrogen and oxygen atoms in total. The summed E-state index contributed by atoms with van der Waals surface area (Å²) in [6.07, 6.45) is 3.65. The Morgan fingerprint density at radius 2 is 1.69 bits per heavy atom. The van der Waals surface area contributed by atoms with E-state index in [0.29, 0.717) is 35.4 Å². The number of furan rings is 2. The van der Waals surface area contributed by atoms with Gasteiger partial charge in [0.25, 0.3) is 5.91 Å². The number of nitrogens with zero attached hydrogens (tertiary/aromatic N) is 1. The van der Waals surface area contributed by atoms with Gasteiger partial charge in [-0.15, -0.1) is 0 Å². The molecule has 0 spiro atoms. The van der Waals surface area contributed by atoms with Gasteiger partial charge in [-0.25, -0.2) is 9.82 Å². The SMILES string of the molecule is Cc1ccc2c(CC(=O)N/N=C3\CCCc4oc(C(=O)NNC(=O)c5ccc(F)cc5)c(C)c43)coc2c1C. The molecule has 39 heavy (non-hydrogen) atoms. The number of fused-ring (bicyclic) bond motifs is 2. The fraction of sp³-hybridized carbons (Fsp3) is 0.241. The van der Waals surface area contributed by atoms with Crippen molar-refractivity contribution in [1.82, 2.24) is 16.3 Å². The summed E-state index contributed by atoms with van der Waals surface area (Å²) in [4.78, 5) is 37.8. The molecule has 200 valence electrons. The van der Waals surface area contributed by atoms with Gasteiger partial charge in [0.2, 0.25) is 5.91 Å². The first kappa shape index (κ1) is 25.9. The van der Waals surface area contributed by atoms with Crippen molar-refractivity contribution >= 4 is 34.4 Å². The lowest BCUT2D eigenvalue weighted by Crippen LogP contribution is -2.41. The van der Waals surface area contributed by atoms with E-state index in [4.69, 9.17) is 8.83 Å². The van der Waals surface area contributed by atoms with Crippen molar-refractivity contribution in [2.24, 2.45) is 5.10 Å². The molecule has 0 saturated carbocycles. The van der Waals surface area contributed by atoms with Crippen molar-refractivity contribution in [2.45, 2.75) is 46.5 Å². The van der Waals surface area contributed by atoms with Crippen molar-refractivity contribution in [2.75, 3.05) is 0 Å². The number of carbonyl (C=O) groups excluding carboxylic acids is 3. The first-order valence-corrected chi connectivity index (χ1v) is 12.5. The topological polar surface area (TPSA) is 126 Å². The Labute approximate surface area is 223 Å². The smallest absolute Gasteiger partial charge is 0.305 e. The first-order valence-electron chi connectivity index (χ1n) is 12.5. The normalized spacial score (nSPS) is 13.8. The average Bonchev–Trinajstić information content (AvgIpc) is 3.49. The standard InChI is InChI=1S/C29H27FN4O5/c1-15-7-12-21-19(14-38-26(21)16(15)2)13-24(35)32-31-22-5-4-6-23-25(22)17(3)27(39-23)29(37)34-33-28(36)18-8-10-20(30)11-9-18/h7-12,14H,4-6,13H2,1-3H3,(H,32,35)(H,33,36)(H,34,37)/b31-22+. The predicted octanol–water partition coefficient (Wildman–Crippen LogP) is 4.56. The average molecular weight is 531 g/mol. The predicted molar refractivity (Wildman–Crippen MR) is 142 cm³/mol. The zero-order chi connectivity index (χ0) is 27.7. The summed E-state index contributed by atoms with van der Waals surface area (Å²) in [5.41, 5.74) is 13.0. The van der Waals surface area contributed by atoms with Crippen LogP contribution in [0, 0.1) is 26.6 Å². The number of halogens is 1. The molecule has 0 aliphatic heterocycles. The van der Waals surface area contributed by atoms with Crippen LogP contribution in [0.3, 0.4) is 0 Å². The summed E-state index contributed by atoms with van der Waals surface area (Å²) in [5, 5.41) is 5.26. The molecule has 2 heterocycles. The highest BCUT2D eigenvalue weighted by Gasteiger charge is 2.28. The lowest BCUT2D eigenvalue weighted by atomic mass is 9.93. The summed E-state index contributed by atoms with van der Waals surface area (Å²) in [7, 11) is 0. The summed E-state index contributed by atoms with van der Waals surface area (Å²) < 4.78 is 24.6. The molecular weight excluding hydrogens is 503 g/mol. The van der Waals surface area contributed by atoms with Crippen LogP contribution in [0.5, 0.6) is 0 Å². The number of aryl methyl sites for hydroxylation is 3. The lowest BCUT2D eigenvalue weighted by Gasteiger charge is -2.13. The van der Waals surface area contributed by atoms with Gasteiger partial charge in [-0.05, 0) is 69.0 Å². The van der Waals surface area contributed by atoms with Gasteiger partial charge in [-0.1, -0.05) is 12.1 Å². The zero-order valence-corrected chi connectivity index (χ0v) is 21.7. The van der Waals surface area contributed by atoms with E-state index in [-0.39, 0.29) is 23.7 Å². The third kappa shape index (κ3) is 5.18. The van der Waals surface area contributed by atoms with Crippen LogP contribution in [0.15, 0.2) is 56.6 Å². The Morgan fingerprint density at radius 1 is 0.949 bits per heavy atom. The number of hydrazone groups is 1. The molecule has 0 bridgehead atoms. The molecule has 0 fully saturated rings. The third-order valence-corrected chi connectivity index (χ3v) is 6.94. The Hall–Kier alpha value is -4.73. The largest absolute Gasteiger partial charge is 0.464 e. The van der Waals surface area contributed by atoms with Crippen LogP contribution in [0.4, 0.5) is 4.39 Å². The molecule has 2 aromatic heterocycles. The molecule has 10 heteroatoms. The Kier molecular flexibility index (Phi) is 7.02. The van der Waals surface area contributed by atoms with E-state index in [9.17, 15) is 18.8 Å². The van der Waals surface area contributed by atoms with Crippen LogP contribution >= 0.6 is 0 Å². The van der Waals surface area contributed by atoms with Gasteiger partial charge >= 0.3 is 5.91 Å². The van der Waals surface area contributed by atoms with Gasteiger partial charge in [0.15, 0.2) is 5.76 Å². The molecule has 0 unspecified atom stereocenters. The highest BCUT2D eigenvalue weighted by Crippen LogP contribution is 2.30. The second-order valence-corrected chi connectivity index (χ2v) is 9.54. The van der Waals surface area contributed by atoms with E-state index >= 15 is 0 Å². The molecule has 0 saturated heterocycles. The van der Waals surface area contributed by atoms with Crippen molar-refractivity contribution in [3.63, 3.8) is 0 Å². The molecule has 3 amide bonds. The minimum absolute atomic E-state index is 0.0378. The van der Waals surface area contributed by atoms with Gasteiger partial charge in [0, 0.05) is 34.1 Å². The molecule has 0 radical (unpaired) electrons. The van der Waals surface area contributed by atoms with E-state index in [1.165, 1.54) is 12.1 Å². The Balaban J connectivity index is 1.27. The fourth-order valence-electron chi connectivity index (χ4n) is 4.71. The second kappa shape index (κ2) is 10.6. The summed E-state index contributed by atoms with van der Waals surface area (Å²) in [6, 6.07) is 8.87. The molecule has 0 atom stereocenters. The summed E-state index contributed by atoms with van der Waals surface area (Å²) in [5.74, 6) is -1.38. The van der Waals surface area contributed by atoms with E-state index in [0.717, 1.165) is 46.2 Å². The maximum atomic E-state index is 13.1. The van der Waals surface area contributed by atoms with Gasteiger partial charge in [0.05, 0.1) is 18.4 Å². The van der Waals surface area contributed by atoms with Crippen molar-refractivity contribution in [3.05, 3.63) is 93.4 Å². The molecule has 1 aliphatic carbocycles. The highest BCUT2D eigenvalue weighted by molar-refractivity contribution is 6.07. The summed E-state index contributed by atoms with van der Waals surface area (Å²) >= 11 is 0. The highest BCUT2D eigenvalue weighted by atomic mass is 19.1. The number of rotatable bonds is 5. The number of hydrogen-bond acceptors (Lipinski definition) is 6. The summed E-state index contributed by atoms with van der Waals surface area (Å²) in [6.45, 7) is 5.72. The first-order chi connectivity index (χ1) is 18.7. The molecule has 2 aromatic carbocycles. The van der Waals surface area contributed by atoms with Crippen LogP contribution in [-0.2, 0) is 17.6 Å². The van der Waals surface area contributed by atoms with E-state index < -0.39 is 17.6 Å². The minimum atomic E-state index is -0.641. The Bertz CT molecular complexity index is 1630. The van der Waals surface area contributed by atoms with Crippen LogP contribution in [-0.4, -0.2) is 23.4 Å². The van der Waals surface area contributed by atoms with Crippen LogP contribution in [0.2, 0.25) is 0 Å². The quantitative estimate of drug-likeness (QED) is 0.326. The third-order valence-electron chi connectivity index (χ3n) is 6.94. The molecule has 5 rings (SSSR count). The van der Waals surface area contributed by atoms with E-state index in [2.05, 4.69) is 21.4 Å². The van der Waals surface area contributed by atoms with E-state index in [1.807, 2.05) is 26.0 Å². The maximum Gasteiger partial charge on any atom is 0.305 e. The fourth-order valence-corrected chi connectivity index (χ4v) is 4.71. The van der Waals surface area contributed by atoms with Gasteiger partial charge in [-0.3, -0.25) is 25.2 Å². The number of amides is 3. The number of hydrazine groups is 1. The number of carbonyl (C=O) groups is 3. The van der Waals surface area contributed by atoms with Crippen molar-refractivity contribution < 1.29 is 27.6 Å². The Morgan fingerprint density at radius 3 is 2.46 bits per heavy atom. The number of hydrogen-bond donors (Lipinski definition) is 3. The number of benzene rings is 2. The molecule has 1 aliphatic rings. The second-order valence-electron chi connectivity index (χ2n) is 9.54. The monoisotopic (exact) mass is 530 g/mol. The maximum absolute atomic E-state index is 13.1. The van der Waals surface area contributed by atoms with Gasteiger partial charge < -0.3 is 8.83 Å². The van der Waals surface area contributed by atoms with Crippen molar-refractivity contribution in [3.8, 4) is 0 Å². The van der Waals surface area contributed by atoms with Crippen molar-refractivity contribution in [1.29, 1.82) is 0 Å². The number of nitrogens with one attached hydrogen (secondary N) is 3. The zero-order valence-electron chi connectivity index (χ0n) is 21.7. The molecular formula is C29H27FN4O5.